The van der Waals surface area contributed by atoms with E-state index < -0.39 is 28.6 Å². The van der Waals surface area contributed by atoms with Crippen LogP contribution in [0.2, 0.25) is 0 Å². The Kier molecular flexibility index (Phi) is 2.22. The normalized spacial score (nSPS) is 12.0. The number of aromatic nitrogens is 1. The average molecular weight is 231 g/mol. The van der Waals surface area contributed by atoms with Crippen LogP contribution in [0.15, 0.2) is 35.3 Å². The highest BCUT2D eigenvalue weighted by atomic mass is 19.4. The molecule has 0 atom stereocenters. The van der Waals surface area contributed by atoms with Crippen molar-refractivity contribution in [2.75, 3.05) is 0 Å². The van der Waals surface area contributed by atoms with Crippen molar-refractivity contribution in [3.63, 3.8) is 0 Å². The van der Waals surface area contributed by atoms with Gasteiger partial charge in [0.05, 0.1) is 11.1 Å². The quantitative estimate of drug-likeness (QED) is 0.638. The number of pyridine rings is 2. The first-order chi connectivity index (χ1) is 7.41. The van der Waals surface area contributed by atoms with Crippen molar-refractivity contribution < 1.29 is 17.6 Å². The minimum absolute atomic E-state index is 0.637. The molecule has 0 aliphatic carbocycles. The summed E-state index contributed by atoms with van der Waals surface area (Å²) in [6.45, 7) is 0. The molecular weight excluding hydrogens is 226 g/mol. The minimum atomic E-state index is -4.69. The third kappa shape index (κ3) is 1.56. The number of fused-ring (bicyclic) bond motifs is 1. The van der Waals surface area contributed by atoms with Gasteiger partial charge in [-0.25, -0.2) is 4.39 Å². The third-order valence-corrected chi connectivity index (χ3v) is 2.14. The highest BCUT2D eigenvalue weighted by molar-refractivity contribution is 5.56. The van der Waals surface area contributed by atoms with Gasteiger partial charge in [-0.3, -0.25) is 9.20 Å². The maximum atomic E-state index is 13.3. The van der Waals surface area contributed by atoms with Crippen molar-refractivity contribution in [3.05, 3.63) is 52.2 Å². The molecule has 2 aromatic heterocycles. The van der Waals surface area contributed by atoms with Gasteiger partial charge in [-0.1, -0.05) is 0 Å². The zero-order chi connectivity index (χ0) is 11.9. The van der Waals surface area contributed by atoms with Crippen LogP contribution in [0.4, 0.5) is 17.6 Å². The second-order valence-electron chi connectivity index (χ2n) is 3.16. The summed E-state index contributed by atoms with van der Waals surface area (Å²) < 4.78 is 51.6. The van der Waals surface area contributed by atoms with E-state index in [1.165, 1.54) is 0 Å². The molecule has 0 saturated carbocycles. The molecule has 2 rings (SSSR count). The summed E-state index contributed by atoms with van der Waals surface area (Å²) in [5.74, 6) is -1.08. The Morgan fingerprint density at radius 3 is 2.44 bits per heavy atom. The van der Waals surface area contributed by atoms with Gasteiger partial charge in [-0.2, -0.15) is 13.2 Å². The monoisotopic (exact) mass is 231 g/mol. The molecule has 0 amide bonds. The van der Waals surface area contributed by atoms with Gasteiger partial charge in [0.2, 0.25) is 0 Å². The van der Waals surface area contributed by atoms with Crippen LogP contribution in [0.3, 0.4) is 0 Å². The molecule has 0 fully saturated rings. The van der Waals surface area contributed by atoms with Crippen LogP contribution >= 0.6 is 0 Å². The molecule has 2 heterocycles. The van der Waals surface area contributed by atoms with Gasteiger partial charge in [-0.05, 0) is 18.2 Å². The molecule has 0 N–H and O–H groups in total. The molecule has 84 valence electrons. The highest BCUT2D eigenvalue weighted by Crippen LogP contribution is 2.32. The van der Waals surface area contributed by atoms with E-state index in [1.54, 1.807) is 0 Å². The Hall–Kier alpha value is -1.85. The third-order valence-electron chi connectivity index (χ3n) is 2.14. The number of hydrogen-bond donors (Lipinski definition) is 0. The zero-order valence-electron chi connectivity index (χ0n) is 7.75. The summed E-state index contributed by atoms with van der Waals surface area (Å²) in [6.07, 6.45) is -3.60. The summed E-state index contributed by atoms with van der Waals surface area (Å²) in [5.41, 5.74) is -2.62. The molecule has 0 unspecified atom stereocenters. The van der Waals surface area contributed by atoms with Gasteiger partial charge < -0.3 is 0 Å². The van der Waals surface area contributed by atoms with Crippen LogP contribution in [0.25, 0.3) is 5.52 Å². The van der Waals surface area contributed by atoms with E-state index >= 15 is 0 Å². The smallest absolute Gasteiger partial charge is 0.281 e. The highest BCUT2D eigenvalue weighted by Gasteiger charge is 2.33. The van der Waals surface area contributed by atoms with Gasteiger partial charge >= 0.3 is 6.18 Å². The standard InChI is InChI=1S/C10H5F4NO/c11-7-3-4-8(16)15-5-1-2-6(9(7)15)10(12,13)14/h1-5H. The molecule has 0 spiro atoms. The lowest BCUT2D eigenvalue weighted by molar-refractivity contribution is -0.136. The zero-order valence-corrected chi connectivity index (χ0v) is 7.75. The Balaban J connectivity index is 2.98. The van der Waals surface area contributed by atoms with Crippen molar-refractivity contribution >= 4 is 5.52 Å². The number of hydrogen-bond acceptors (Lipinski definition) is 1. The van der Waals surface area contributed by atoms with Gasteiger partial charge in [-0.15, -0.1) is 0 Å². The molecule has 2 aromatic rings. The fourth-order valence-electron chi connectivity index (χ4n) is 1.47. The predicted octanol–water partition coefficient (Wildman–Crippen LogP) is 2.46. The lowest BCUT2D eigenvalue weighted by Crippen LogP contribution is -2.17. The Bertz CT molecular complexity index is 600. The molecule has 0 saturated heterocycles. The lowest BCUT2D eigenvalue weighted by Gasteiger charge is -2.10. The summed E-state index contributed by atoms with van der Waals surface area (Å²) in [5, 5.41) is 0. The summed E-state index contributed by atoms with van der Waals surface area (Å²) >= 11 is 0. The van der Waals surface area contributed by atoms with Crippen LogP contribution in [-0.2, 0) is 6.18 Å². The Labute approximate surface area is 86.7 Å². The van der Waals surface area contributed by atoms with E-state index in [1.807, 2.05) is 0 Å². The molecule has 0 bridgehead atoms. The second kappa shape index (κ2) is 3.33. The van der Waals surface area contributed by atoms with Crippen molar-refractivity contribution in [1.29, 1.82) is 0 Å². The predicted molar refractivity (Wildman–Crippen MR) is 48.6 cm³/mol. The molecule has 0 aliphatic rings. The maximum absolute atomic E-state index is 13.3. The first-order valence-electron chi connectivity index (χ1n) is 4.28. The number of nitrogens with zero attached hydrogens (tertiary/aromatic N) is 1. The average Bonchev–Trinajstić information content (AvgIpc) is 2.22. The molecule has 6 heteroatoms. The molecular formula is C10H5F4NO. The molecule has 0 radical (unpaired) electrons. The number of halogens is 4. The van der Waals surface area contributed by atoms with Gasteiger partial charge in [0.15, 0.2) is 0 Å². The maximum Gasteiger partial charge on any atom is 0.418 e. The van der Waals surface area contributed by atoms with Crippen LogP contribution in [-0.4, -0.2) is 4.40 Å². The summed E-state index contributed by atoms with van der Waals surface area (Å²) in [7, 11) is 0. The summed E-state index contributed by atoms with van der Waals surface area (Å²) in [4.78, 5) is 11.2. The van der Waals surface area contributed by atoms with E-state index in [4.69, 9.17) is 0 Å². The SMILES string of the molecule is O=c1ccc(F)c2c(C(F)(F)F)cccn12. The Morgan fingerprint density at radius 1 is 1.12 bits per heavy atom. The fourth-order valence-corrected chi connectivity index (χ4v) is 1.47. The van der Waals surface area contributed by atoms with Crippen LogP contribution in [0.5, 0.6) is 0 Å². The van der Waals surface area contributed by atoms with E-state index in [2.05, 4.69) is 0 Å². The van der Waals surface area contributed by atoms with E-state index in [0.717, 1.165) is 30.5 Å². The van der Waals surface area contributed by atoms with E-state index in [9.17, 15) is 22.4 Å². The van der Waals surface area contributed by atoms with Crippen molar-refractivity contribution in [2.24, 2.45) is 0 Å². The number of alkyl halides is 3. The van der Waals surface area contributed by atoms with Crippen LogP contribution in [0.1, 0.15) is 5.56 Å². The molecule has 2 nitrogen and oxygen atoms in total. The topological polar surface area (TPSA) is 21.5 Å². The molecule has 0 aliphatic heterocycles. The molecule has 0 aromatic carbocycles. The lowest BCUT2D eigenvalue weighted by atomic mass is 10.2. The second-order valence-corrected chi connectivity index (χ2v) is 3.16. The van der Waals surface area contributed by atoms with Crippen LogP contribution < -0.4 is 5.56 Å². The largest absolute Gasteiger partial charge is 0.418 e. The van der Waals surface area contributed by atoms with Gasteiger partial charge in [0.25, 0.3) is 5.56 Å². The van der Waals surface area contributed by atoms with Crippen molar-refractivity contribution in [2.45, 2.75) is 6.18 Å². The summed E-state index contributed by atoms with van der Waals surface area (Å²) in [6, 6.07) is 3.39. The minimum Gasteiger partial charge on any atom is -0.281 e. The van der Waals surface area contributed by atoms with Gasteiger partial charge in [0, 0.05) is 12.3 Å². The van der Waals surface area contributed by atoms with Gasteiger partial charge in [0.1, 0.15) is 5.82 Å². The number of rotatable bonds is 0. The van der Waals surface area contributed by atoms with E-state index in [0.29, 0.717) is 4.40 Å². The first-order valence-corrected chi connectivity index (χ1v) is 4.28. The molecule has 16 heavy (non-hydrogen) atoms. The fraction of sp³-hybridized carbons (Fsp3) is 0.100. The Morgan fingerprint density at radius 2 is 1.81 bits per heavy atom. The van der Waals surface area contributed by atoms with E-state index in [-0.39, 0.29) is 0 Å². The van der Waals surface area contributed by atoms with Crippen molar-refractivity contribution in [1.82, 2.24) is 4.40 Å². The first kappa shape index (κ1) is 10.7. The van der Waals surface area contributed by atoms with Crippen molar-refractivity contribution in [3.8, 4) is 0 Å². The van der Waals surface area contributed by atoms with Crippen LogP contribution in [0, 0.1) is 5.82 Å².